The average Bonchev–Trinajstić information content (AvgIpc) is 2.27. The minimum atomic E-state index is -3.90. The van der Waals surface area contributed by atoms with E-state index >= 15 is 0 Å². The average molecular weight is 291 g/mol. The monoisotopic (exact) mass is 290 g/mol. The van der Waals surface area contributed by atoms with Crippen LogP contribution in [0, 0.1) is 6.92 Å². The zero-order chi connectivity index (χ0) is 13.9. The third kappa shape index (κ3) is 3.44. The van der Waals surface area contributed by atoms with Crippen LogP contribution in [0.4, 0.5) is 0 Å². The van der Waals surface area contributed by atoms with Crippen molar-refractivity contribution in [3.63, 3.8) is 0 Å². The predicted molar refractivity (Wildman–Crippen MR) is 70.2 cm³/mol. The first-order valence-electron chi connectivity index (χ1n) is 5.38. The van der Waals surface area contributed by atoms with Crippen molar-refractivity contribution in [1.82, 2.24) is 5.32 Å². The van der Waals surface area contributed by atoms with Crippen molar-refractivity contribution in [2.45, 2.75) is 25.2 Å². The highest BCUT2D eigenvalue weighted by atomic mass is 35.5. The number of nitrogens with two attached hydrogens (primary N) is 1. The molecule has 0 bridgehead atoms. The minimum absolute atomic E-state index is 0.128. The van der Waals surface area contributed by atoms with Gasteiger partial charge in [0.15, 0.2) is 0 Å². The molecule has 1 rings (SSSR count). The summed E-state index contributed by atoms with van der Waals surface area (Å²) < 4.78 is 22.8. The van der Waals surface area contributed by atoms with Crippen LogP contribution in [0.5, 0.6) is 0 Å². The Morgan fingerprint density at radius 3 is 2.56 bits per heavy atom. The zero-order valence-electron chi connectivity index (χ0n) is 10.2. The summed E-state index contributed by atoms with van der Waals surface area (Å²) in [6.45, 7) is 3.95. The number of carbonyl (C=O) groups is 1. The Labute approximate surface area is 111 Å². The van der Waals surface area contributed by atoms with Crippen molar-refractivity contribution >= 4 is 27.5 Å². The number of halogens is 1. The van der Waals surface area contributed by atoms with Crippen molar-refractivity contribution in [2.75, 3.05) is 6.54 Å². The summed E-state index contributed by atoms with van der Waals surface area (Å²) in [5, 5.41) is 7.90. The molecule has 0 saturated carbocycles. The van der Waals surface area contributed by atoms with E-state index < -0.39 is 10.0 Å². The van der Waals surface area contributed by atoms with Gasteiger partial charge in [-0.3, -0.25) is 4.79 Å². The van der Waals surface area contributed by atoms with Crippen LogP contribution in [0.2, 0.25) is 5.02 Å². The van der Waals surface area contributed by atoms with E-state index in [0.29, 0.717) is 12.1 Å². The van der Waals surface area contributed by atoms with Gasteiger partial charge in [-0.1, -0.05) is 18.5 Å². The minimum Gasteiger partial charge on any atom is -0.352 e. The molecule has 0 aliphatic rings. The normalized spacial score (nSPS) is 11.3. The van der Waals surface area contributed by atoms with Crippen LogP contribution in [0.25, 0.3) is 0 Å². The molecule has 0 heterocycles. The second-order valence-electron chi connectivity index (χ2n) is 3.88. The summed E-state index contributed by atoms with van der Waals surface area (Å²) in [7, 11) is -3.90. The lowest BCUT2D eigenvalue weighted by Gasteiger charge is -2.11. The molecule has 0 aliphatic carbocycles. The van der Waals surface area contributed by atoms with Gasteiger partial charge >= 0.3 is 0 Å². The molecule has 18 heavy (non-hydrogen) atoms. The molecule has 0 fully saturated rings. The van der Waals surface area contributed by atoms with Crippen LogP contribution < -0.4 is 10.5 Å². The summed E-state index contributed by atoms with van der Waals surface area (Å²) in [6.07, 6.45) is 0.785. The maximum absolute atomic E-state index is 11.9. The van der Waals surface area contributed by atoms with Crippen LogP contribution in [0.15, 0.2) is 17.0 Å². The molecule has 5 nitrogen and oxygen atoms in total. The van der Waals surface area contributed by atoms with Gasteiger partial charge in [-0.2, -0.15) is 0 Å². The molecule has 1 aromatic rings. The summed E-state index contributed by atoms with van der Waals surface area (Å²) in [5.41, 5.74) is 0.524. The van der Waals surface area contributed by atoms with Crippen molar-refractivity contribution in [2.24, 2.45) is 5.14 Å². The Morgan fingerprint density at radius 1 is 1.44 bits per heavy atom. The Balaban J connectivity index is 3.30. The van der Waals surface area contributed by atoms with E-state index in [2.05, 4.69) is 5.32 Å². The van der Waals surface area contributed by atoms with E-state index in [1.54, 1.807) is 0 Å². The molecule has 0 aliphatic heterocycles. The van der Waals surface area contributed by atoms with Gasteiger partial charge in [-0.15, -0.1) is 0 Å². The molecule has 100 valence electrons. The van der Waals surface area contributed by atoms with Gasteiger partial charge in [0.2, 0.25) is 10.0 Å². The molecule has 0 unspecified atom stereocenters. The summed E-state index contributed by atoms with van der Waals surface area (Å²) in [4.78, 5) is 11.7. The van der Waals surface area contributed by atoms with Crippen molar-refractivity contribution in [3.05, 3.63) is 28.3 Å². The molecule has 1 aromatic carbocycles. The fraction of sp³-hybridized carbons (Fsp3) is 0.364. The molecule has 0 radical (unpaired) electrons. The number of sulfonamides is 1. The van der Waals surface area contributed by atoms with Crippen LogP contribution in [0.3, 0.4) is 0 Å². The number of amides is 1. The smallest absolute Gasteiger partial charge is 0.251 e. The fourth-order valence-electron chi connectivity index (χ4n) is 1.52. The number of rotatable bonds is 4. The third-order valence-electron chi connectivity index (χ3n) is 2.41. The highest BCUT2D eigenvalue weighted by Crippen LogP contribution is 2.23. The fourth-order valence-corrected chi connectivity index (χ4v) is 2.63. The van der Waals surface area contributed by atoms with E-state index in [-0.39, 0.29) is 21.4 Å². The number of primary sulfonamides is 1. The molecular formula is C11H15ClN2O3S. The molecule has 3 N–H and O–H groups in total. The lowest BCUT2D eigenvalue weighted by Crippen LogP contribution is -2.26. The van der Waals surface area contributed by atoms with Crippen molar-refractivity contribution < 1.29 is 13.2 Å². The van der Waals surface area contributed by atoms with Gasteiger partial charge in [0.05, 0.1) is 4.90 Å². The Bertz CT molecular complexity index is 570. The largest absolute Gasteiger partial charge is 0.352 e. The SMILES string of the molecule is CCCNC(=O)c1cc(Cl)cc(S(N)(=O)=O)c1C. The highest BCUT2D eigenvalue weighted by Gasteiger charge is 2.19. The number of hydrogen-bond acceptors (Lipinski definition) is 3. The molecule has 0 saturated heterocycles. The number of hydrogen-bond donors (Lipinski definition) is 2. The number of carbonyl (C=O) groups excluding carboxylic acids is 1. The summed E-state index contributed by atoms with van der Waals surface area (Å²) >= 11 is 5.81. The topological polar surface area (TPSA) is 89.3 Å². The predicted octanol–water partition coefficient (Wildman–Crippen LogP) is 1.44. The van der Waals surface area contributed by atoms with Gasteiger partial charge in [0.25, 0.3) is 5.91 Å². The number of benzene rings is 1. The van der Waals surface area contributed by atoms with E-state index in [4.69, 9.17) is 16.7 Å². The maximum atomic E-state index is 11.9. The quantitative estimate of drug-likeness (QED) is 0.879. The second kappa shape index (κ2) is 5.69. The van der Waals surface area contributed by atoms with E-state index in [0.717, 1.165) is 6.42 Å². The number of nitrogens with one attached hydrogen (secondary N) is 1. The van der Waals surface area contributed by atoms with Crippen molar-refractivity contribution in [1.29, 1.82) is 0 Å². The van der Waals surface area contributed by atoms with Gasteiger partial charge in [-0.05, 0) is 31.0 Å². The first-order chi connectivity index (χ1) is 8.27. The van der Waals surface area contributed by atoms with Gasteiger partial charge in [-0.25, -0.2) is 13.6 Å². The van der Waals surface area contributed by atoms with E-state index in [9.17, 15) is 13.2 Å². The van der Waals surface area contributed by atoms with Crippen LogP contribution >= 0.6 is 11.6 Å². The van der Waals surface area contributed by atoms with Gasteiger partial charge in [0.1, 0.15) is 0 Å². The Morgan fingerprint density at radius 2 is 2.06 bits per heavy atom. The standard InChI is InChI=1S/C11H15ClN2O3S/c1-3-4-14-11(15)9-5-8(12)6-10(7(9)2)18(13,16)17/h5-6H,3-4H2,1-2H3,(H,14,15)(H2,13,16,17). The van der Waals surface area contributed by atoms with Gasteiger partial charge < -0.3 is 5.32 Å². The second-order valence-corrected chi connectivity index (χ2v) is 5.84. The first-order valence-corrected chi connectivity index (χ1v) is 7.31. The molecule has 0 spiro atoms. The highest BCUT2D eigenvalue weighted by molar-refractivity contribution is 7.89. The maximum Gasteiger partial charge on any atom is 0.251 e. The Kier molecular flexibility index (Phi) is 4.72. The molecule has 0 atom stereocenters. The molecule has 1 amide bonds. The molecule has 0 aromatic heterocycles. The summed E-state index contributed by atoms with van der Waals surface area (Å²) in [6, 6.07) is 2.67. The van der Waals surface area contributed by atoms with Crippen LogP contribution in [-0.2, 0) is 10.0 Å². The van der Waals surface area contributed by atoms with Crippen LogP contribution in [-0.4, -0.2) is 20.9 Å². The molecular weight excluding hydrogens is 276 g/mol. The van der Waals surface area contributed by atoms with E-state index in [1.807, 2.05) is 6.92 Å². The first kappa shape index (κ1) is 14.9. The third-order valence-corrected chi connectivity index (χ3v) is 3.67. The summed E-state index contributed by atoms with van der Waals surface area (Å²) in [5.74, 6) is -0.359. The van der Waals surface area contributed by atoms with Crippen molar-refractivity contribution in [3.8, 4) is 0 Å². The van der Waals surface area contributed by atoms with E-state index in [1.165, 1.54) is 19.1 Å². The van der Waals surface area contributed by atoms with Crippen LogP contribution in [0.1, 0.15) is 29.3 Å². The Hall–Kier alpha value is -1.11. The zero-order valence-corrected chi connectivity index (χ0v) is 11.7. The lowest BCUT2D eigenvalue weighted by molar-refractivity contribution is 0.0953. The lowest BCUT2D eigenvalue weighted by atomic mass is 10.1. The van der Waals surface area contributed by atoms with Gasteiger partial charge in [0, 0.05) is 17.1 Å². The molecule has 7 heteroatoms.